The van der Waals surface area contributed by atoms with Crippen molar-refractivity contribution >= 4 is 5.69 Å². The van der Waals surface area contributed by atoms with Gasteiger partial charge in [0.15, 0.2) is 0 Å². The Morgan fingerprint density at radius 1 is 1.13 bits per heavy atom. The van der Waals surface area contributed by atoms with Crippen LogP contribution >= 0.6 is 0 Å². The maximum atomic E-state index is 12.2. The van der Waals surface area contributed by atoms with Crippen LogP contribution in [0.3, 0.4) is 0 Å². The molecule has 2 N–H and O–H groups in total. The smallest absolute Gasteiger partial charge is 0.416 e. The standard InChI is InChI=1S/C8H6F5NO/c9-7(10)15-6-2-4(8(11,12)13)1-5(14)3-6/h1-3,7H,14H2. The number of halogens is 5. The van der Waals surface area contributed by atoms with Crippen LogP contribution in [-0.2, 0) is 6.18 Å². The third kappa shape index (κ3) is 3.26. The number of ether oxygens (including phenoxy) is 1. The average Bonchev–Trinajstić information content (AvgIpc) is 1.99. The molecule has 0 aliphatic heterocycles. The van der Waals surface area contributed by atoms with Crippen molar-refractivity contribution in [2.24, 2.45) is 0 Å². The maximum absolute atomic E-state index is 12.2. The molecule has 0 amide bonds. The number of benzene rings is 1. The number of nitrogen functional groups attached to an aromatic ring is 1. The molecule has 0 unspecified atom stereocenters. The second-order valence-corrected chi connectivity index (χ2v) is 2.67. The van der Waals surface area contributed by atoms with E-state index in [0.29, 0.717) is 12.1 Å². The summed E-state index contributed by atoms with van der Waals surface area (Å²) in [5.74, 6) is -0.614. The molecule has 0 spiro atoms. The predicted octanol–water partition coefficient (Wildman–Crippen LogP) is 2.89. The van der Waals surface area contributed by atoms with Crippen molar-refractivity contribution in [3.63, 3.8) is 0 Å². The van der Waals surface area contributed by atoms with Gasteiger partial charge in [-0.25, -0.2) is 0 Å². The van der Waals surface area contributed by atoms with Gasteiger partial charge in [0, 0.05) is 11.8 Å². The molecule has 0 saturated carbocycles. The lowest BCUT2D eigenvalue weighted by Crippen LogP contribution is -2.08. The number of hydrogen-bond acceptors (Lipinski definition) is 2. The Hall–Kier alpha value is -1.53. The van der Waals surface area contributed by atoms with Crippen LogP contribution in [0.25, 0.3) is 0 Å². The Kier molecular flexibility index (Phi) is 3.01. The molecule has 84 valence electrons. The quantitative estimate of drug-likeness (QED) is 0.622. The zero-order valence-corrected chi connectivity index (χ0v) is 7.18. The first-order chi connectivity index (χ1) is 6.79. The third-order valence-corrected chi connectivity index (χ3v) is 1.48. The van der Waals surface area contributed by atoms with Gasteiger partial charge in [-0.05, 0) is 12.1 Å². The van der Waals surface area contributed by atoms with Gasteiger partial charge in [-0.15, -0.1) is 0 Å². The SMILES string of the molecule is Nc1cc(OC(F)F)cc(C(F)(F)F)c1. The predicted molar refractivity (Wildman–Crippen MR) is 42.5 cm³/mol. The van der Waals surface area contributed by atoms with Crippen LogP contribution in [0.1, 0.15) is 5.56 Å². The zero-order chi connectivity index (χ0) is 11.6. The molecule has 0 radical (unpaired) electrons. The first kappa shape index (κ1) is 11.5. The van der Waals surface area contributed by atoms with E-state index in [4.69, 9.17) is 5.73 Å². The first-order valence-electron chi connectivity index (χ1n) is 3.71. The summed E-state index contributed by atoms with van der Waals surface area (Å²) in [5.41, 5.74) is 3.69. The molecule has 0 aliphatic carbocycles. The summed E-state index contributed by atoms with van der Waals surface area (Å²) in [6.45, 7) is -3.19. The fraction of sp³-hybridized carbons (Fsp3) is 0.250. The van der Waals surface area contributed by atoms with Crippen molar-refractivity contribution < 1.29 is 26.7 Å². The van der Waals surface area contributed by atoms with E-state index < -0.39 is 24.1 Å². The van der Waals surface area contributed by atoms with E-state index in [1.807, 2.05) is 0 Å². The molecule has 0 atom stereocenters. The van der Waals surface area contributed by atoms with Gasteiger partial charge >= 0.3 is 12.8 Å². The van der Waals surface area contributed by atoms with Crippen molar-refractivity contribution in [1.82, 2.24) is 0 Å². The highest BCUT2D eigenvalue weighted by Crippen LogP contribution is 2.33. The van der Waals surface area contributed by atoms with Crippen LogP contribution in [0.5, 0.6) is 5.75 Å². The Morgan fingerprint density at radius 3 is 2.20 bits per heavy atom. The minimum Gasteiger partial charge on any atom is -0.435 e. The highest BCUT2D eigenvalue weighted by atomic mass is 19.4. The van der Waals surface area contributed by atoms with Crippen LogP contribution < -0.4 is 10.5 Å². The minimum atomic E-state index is -4.64. The summed E-state index contributed by atoms with van der Waals surface area (Å²) in [7, 11) is 0. The van der Waals surface area contributed by atoms with E-state index in [1.54, 1.807) is 0 Å². The van der Waals surface area contributed by atoms with Gasteiger partial charge in [0.2, 0.25) is 0 Å². The van der Waals surface area contributed by atoms with Crippen LogP contribution in [-0.4, -0.2) is 6.61 Å². The van der Waals surface area contributed by atoms with Crippen LogP contribution in [0.4, 0.5) is 27.6 Å². The molecule has 2 nitrogen and oxygen atoms in total. The lowest BCUT2D eigenvalue weighted by molar-refractivity contribution is -0.138. The summed E-state index contributed by atoms with van der Waals surface area (Å²) >= 11 is 0. The topological polar surface area (TPSA) is 35.2 Å². The van der Waals surface area contributed by atoms with Gasteiger partial charge in [0.25, 0.3) is 0 Å². The average molecular weight is 227 g/mol. The van der Waals surface area contributed by atoms with Gasteiger partial charge in [0.05, 0.1) is 5.56 Å². The van der Waals surface area contributed by atoms with Crippen molar-refractivity contribution in [2.45, 2.75) is 12.8 Å². The fourth-order valence-electron chi connectivity index (χ4n) is 0.957. The van der Waals surface area contributed by atoms with E-state index in [-0.39, 0.29) is 5.69 Å². The molecule has 1 aromatic carbocycles. The van der Waals surface area contributed by atoms with E-state index in [2.05, 4.69) is 4.74 Å². The number of anilines is 1. The molecular formula is C8H6F5NO. The second kappa shape index (κ2) is 3.92. The minimum absolute atomic E-state index is 0.291. The Labute approximate surface area is 81.4 Å². The Bertz CT molecular complexity index is 349. The lowest BCUT2D eigenvalue weighted by atomic mass is 10.2. The third-order valence-electron chi connectivity index (χ3n) is 1.48. The normalized spacial score (nSPS) is 11.9. The zero-order valence-electron chi connectivity index (χ0n) is 7.18. The van der Waals surface area contributed by atoms with Crippen molar-refractivity contribution in [1.29, 1.82) is 0 Å². The molecule has 0 saturated heterocycles. The van der Waals surface area contributed by atoms with E-state index >= 15 is 0 Å². The summed E-state index contributed by atoms with van der Waals surface area (Å²) in [4.78, 5) is 0. The lowest BCUT2D eigenvalue weighted by Gasteiger charge is -2.10. The van der Waals surface area contributed by atoms with Gasteiger partial charge < -0.3 is 10.5 Å². The molecule has 0 fully saturated rings. The summed E-state index contributed by atoms with van der Waals surface area (Å²) < 4.78 is 63.8. The van der Waals surface area contributed by atoms with Gasteiger partial charge in [-0.1, -0.05) is 0 Å². The molecule has 0 aliphatic rings. The largest absolute Gasteiger partial charge is 0.435 e. The van der Waals surface area contributed by atoms with Gasteiger partial charge in [-0.3, -0.25) is 0 Å². The maximum Gasteiger partial charge on any atom is 0.416 e. The molecule has 15 heavy (non-hydrogen) atoms. The van der Waals surface area contributed by atoms with Crippen LogP contribution in [0, 0.1) is 0 Å². The number of nitrogens with two attached hydrogens (primary N) is 1. The molecule has 7 heteroatoms. The number of alkyl halides is 5. The van der Waals surface area contributed by atoms with E-state index in [1.165, 1.54) is 0 Å². The van der Waals surface area contributed by atoms with Crippen molar-refractivity contribution in [2.75, 3.05) is 5.73 Å². The Morgan fingerprint density at radius 2 is 1.73 bits per heavy atom. The van der Waals surface area contributed by atoms with Crippen LogP contribution in [0.15, 0.2) is 18.2 Å². The molecular weight excluding hydrogens is 221 g/mol. The summed E-state index contributed by atoms with van der Waals surface area (Å²) in [5, 5.41) is 0. The first-order valence-corrected chi connectivity index (χ1v) is 3.71. The van der Waals surface area contributed by atoms with E-state index in [9.17, 15) is 22.0 Å². The van der Waals surface area contributed by atoms with Crippen LogP contribution in [0.2, 0.25) is 0 Å². The number of rotatable bonds is 2. The highest BCUT2D eigenvalue weighted by molar-refractivity contribution is 5.48. The fourth-order valence-corrected chi connectivity index (χ4v) is 0.957. The highest BCUT2D eigenvalue weighted by Gasteiger charge is 2.31. The van der Waals surface area contributed by atoms with Gasteiger partial charge in [0.1, 0.15) is 5.75 Å². The van der Waals surface area contributed by atoms with Crippen molar-refractivity contribution in [3.8, 4) is 5.75 Å². The Balaban J connectivity index is 3.06. The summed E-state index contributed by atoms with van der Waals surface area (Å²) in [6.07, 6.45) is -4.64. The number of hydrogen-bond donors (Lipinski definition) is 1. The van der Waals surface area contributed by atoms with E-state index in [0.717, 1.165) is 6.07 Å². The molecule has 1 aromatic rings. The summed E-state index contributed by atoms with van der Waals surface area (Å²) in [6, 6.07) is 1.99. The molecule has 1 rings (SSSR count). The van der Waals surface area contributed by atoms with Crippen molar-refractivity contribution in [3.05, 3.63) is 23.8 Å². The molecule has 0 bridgehead atoms. The van der Waals surface area contributed by atoms with Gasteiger partial charge in [-0.2, -0.15) is 22.0 Å². The molecule has 0 heterocycles. The second-order valence-electron chi connectivity index (χ2n) is 2.67. The monoisotopic (exact) mass is 227 g/mol. The molecule has 0 aromatic heterocycles.